The van der Waals surface area contributed by atoms with Gasteiger partial charge in [-0.1, -0.05) is 37.8 Å². The molecule has 0 saturated heterocycles. The molecule has 2 rings (SSSR count). The van der Waals surface area contributed by atoms with E-state index in [1.165, 1.54) is 31.2 Å². The lowest BCUT2D eigenvalue weighted by Gasteiger charge is -2.22. The number of nitrogens with one attached hydrogen (secondary N) is 1. The van der Waals surface area contributed by atoms with Crippen LogP contribution in [0.1, 0.15) is 39.0 Å². The third kappa shape index (κ3) is 3.91. The second-order valence-electron chi connectivity index (χ2n) is 5.16. The molecule has 0 amide bonds. The van der Waals surface area contributed by atoms with E-state index in [4.69, 9.17) is 11.6 Å². The van der Waals surface area contributed by atoms with Gasteiger partial charge in [-0.25, -0.2) is 18.1 Å². The molecule has 6 heteroatoms. The van der Waals surface area contributed by atoms with E-state index in [9.17, 15) is 8.42 Å². The van der Waals surface area contributed by atoms with Crippen LogP contribution in [0.2, 0.25) is 5.15 Å². The Balaban J connectivity index is 2.13. The molecule has 0 spiro atoms. The summed E-state index contributed by atoms with van der Waals surface area (Å²) in [5, 5.41) is 0.293. The number of rotatable bonds is 3. The minimum absolute atomic E-state index is 0.0168. The van der Waals surface area contributed by atoms with Crippen molar-refractivity contribution in [1.29, 1.82) is 0 Å². The molecular formula is C13H19ClN2O2S. The lowest BCUT2D eigenvalue weighted by Crippen LogP contribution is -2.38. The summed E-state index contributed by atoms with van der Waals surface area (Å²) >= 11 is 5.67. The Hall–Kier alpha value is -0.650. The number of hydrogen-bond acceptors (Lipinski definition) is 3. The minimum Gasteiger partial charge on any atom is -0.243 e. The first kappa shape index (κ1) is 14.8. The molecule has 1 N–H and O–H groups in total. The Morgan fingerprint density at radius 2 is 2.00 bits per heavy atom. The Morgan fingerprint density at radius 1 is 1.26 bits per heavy atom. The molecule has 1 aliphatic rings. The van der Waals surface area contributed by atoms with Crippen molar-refractivity contribution in [3.05, 3.63) is 23.5 Å². The van der Waals surface area contributed by atoms with Crippen LogP contribution < -0.4 is 4.72 Å². The van der Waals surface area contributed by atoms with Crippen molar-refractivity contribution in [3.63, 3.8) is 0 Å². The normalized spacial score (nSPS) is 24.9. The number of sulfonamides is 1. The second-order valence-corrected chi connectivity index (χ2v) is 7.26. The molecule has 1 aromatic heterocycles. The molecule has 1 saturated carbocycles. The van der Waals surface area contributed by atoms with Gasteiger partial charge in [-0.15, -0.1) is 0 Å². The lowest BCUT2D eigenvalue weighted by molar-refractivity contribution is 0.399. The van der Waals surface area contributed by atoms with Crippen molar-refractivity contribution in [1.82, 2.24) is 9.71 Å². The maximum atomic E-state index is 12.3. The van der Waals surface area contributed by atoms with Crippen molar-refractivity contribution >= 4 is 21.6 Å². The molecule has 1 heterocycles. The van der Waals surface area contributed by atoms with Crippen LogP contribution in [0.25, 0.3) is 0 Å². The molecule has 19 heavy (non-hydrogen) atoms. The Kier molecular flexibility index (Phi) is 4.81. The van der Waals surface area contributed by atoms with Crippen LogP contribution in [0.3, 0.4) is 0 Å². The molecule has 4 nitrogen and oxygen atoms in total. The number of aromatic nitrogens is 1. The molecule has 0 bridgehead atoms. The zero-order valence-electron chi connectivity index (χ0n) is 11.0. The van der Waals surface area contributed by atoms with Gasteiger partial charge in [0, 0.05) is 12.2 Å². The van der Waals surface area contributed by atoms with Gasteiger partial charge >= 0.3 is 0 Å². The summed E-state index contributed by atoms with van der Waals surface area (Å²) in [5.41, 5.74) is 0. The summed E-state index contributed by atoms with van der Waals surface area (Å²) in [6.07, 6.45) is 6.73. The smallest absolute Gasteiger partial charge is 0.242 e. The summed E-state index contributed by atoms with van der Waals surface area (Å²) in [6.45, 7) is 2.11. The van der Waals surface area contributed by atoms with Crippen LogP contribution in [0.5, 0.6) is 0 Å². The first-order chi connectivity index (χ1) is 8.99. The van der Waals surface area contributed by atoms with Crippen molar-refractivity contribution in [2.75, 3.05) is 0 Å². The molecule has 0 aliphatic heterocycles. The Labute approximate surface area is 119 Å². The predicted molar refractivity (Wildman–Crippen MR) is 75.6 cm³/mol. The summed E-state index contributed by atoms with van der Waals surface area (Å²) in [6, 6.07) is 2.99. The topological polar surface area (TPSA) is 59.1 Å². The predicted octanol–water partition coefficient (Wildman–Crippen LogP) is 2.98. The van der Waals surface area contributed by atoms with E-state index >= 15 is 0 Å². The van der Waals surface area contributed by atoms with Gasteiger partial charge in [-0.2, -0.15) is 0 Å². The second kappa shape index (κ2) is 6.20. The number of hydrogen-bond donors (Lipinski definition) is 1. The Bertz CT molecular complexity index is 516. The van der Waals surface area contributed by atoms with Crippen LogP contribution in [-0.2, 0) is 10.0 Å². The molecule has 2 unspecified atom stereocenters. The average molecular weight is 303 g/mol. The highest BCUT2D eigenvalue weighted by Gasteiger charge is 2.25. The largest absolute Gasteiger partial charge is 0.243 e. The number of nitrogens with zero attached hydrogens (tertiary/aromatic N) is 1. The van der Waals surface area contributed by atoms with Crippen molar-refractivity contribution < 1.29 is 8.42 Å². The molecule has 0 radical (unpaired) electrons. The summed E-state index contributed by atoms with van der Waals surface area (Å²) in [5.74, 6) is 0.373. The first-order valence-electron chi connectivity index (χ1n) is 6.63. The summed E-state index contributed by atoms with van der Waals surface area (Å²) in [4.78, 5) is 4.00. The zero-order valence-corrected chi connectivity index (χ0v) is 12.5. The van der Waals surface area contributed by atoms with Crippen LogP contribution in [0, 0.1) is 5.92 Å². The molecule has 106 valence electrons. The van der Waals surface area contributed by atoms with Gasteiger partial charge in [0.1, 0.15) is 10.0 Å². The number of pyridine rings is 1. The van der Waals surface area contributed by atoms with E-state index in [0.717, 1.165) is 19.3 Å². The third-order valence-electron chi connectivity index (χ3n) is 3.68. The highest BCUT2D eigenvalue weighted by Crippen LogP contribution is 2.24. The van der Waals surface area contributed by atoms with Crippen molar-refractivity contribution in [2.24, 2.45) is 5.92 Å². The van der Waals surface area contributed by atoms with Crippen LogP contribution in [0.4, 0.5) is 0 Å². The number of halogens is 1. The molecule has 1 aromatic rings. The van der Waals surface area contributed by atoms with Gasteiger partial charge in [0.25, 0.3) is 0 Å². The maximum Gasteiger partial charge on any atom is 0.242 e. The van der Waals surface area contributed by atoms with Gasteiger partial charge in [0.05, 0.1) is 0 Å². The standard InChI is InChI=1S/C13H19ClN2O2S/c1-10-5-3-2-4-6-12(10)16-19(17,18)11-7-8-13(14)15-9-11/h7-10,12,16H,2-6H2,1H3. The van der Waals surface area contributed by atoms with E-state index in [-0.39, 0.29) is 10.9 Å². The van der Waals surface area contributed by atoms with Gasteiger partial charge in [0.15, 0.2) is 0 Å². The highest BCUT2D eigenvalue weighted by atomic mass is 35.5. The van der Waals surface area contributed by atoms with E-state index in [1.54, 1.807) is 0 Å². The van der Waals surface area contributed by atoms with Crippen LogP contribution in [-0.4, -0.2) is 19.4 Å². The molecule has 0 aromatic carbocycles. The minimum atomic E-state index is -3.50. The quantitative estimate of drug-likeness (QED) is 0.690. The van der Waals surface area contributed by atoms with Crippen LogP contribution in [0.15, 0.2) is 23.2 Å². The highest BCUT2D eigenvalue weighted by molar-refractivity contribution is 7.89. The zero-order chi connectivity index (χ0) is 13.9. The van der Waals surface area contributed by atoms with Gasteiger partial charge in [-0.05, 0) is 30.9 Å². The Morgan fingerprint density at radius 3 is 2.68 bits per heavy atom. The van der Waals surface area contributed by atoms with Gasteiger partial charge in [-0.3, -0.25) is 0 Å². The van der Waals surface area contributed by atoms with E-state index in [1.807, 2.05) is 0 Å². The van der Waals surface area contributed by atoms with Crippen molar-refractivity contribution in [3.8, 4) is 0 Å². The maximum absolute atomic E-state index is 12.3. The fraction of sp³-hybridized carbons (Fsp3) is 0.615. The monoisotopic (exact) mass is 302 g/mol. The summed E-state index contributed by atoms with van der Waals surface area (Å²) < 4.78 is 27.4. The van der Waals surface area contributed by atoms with Gasteiger partial charge in [0.2, 0.25) is 10.0 Å². The average Bonchev–Trinajstić information content (AvgIpc) is 2.55. The SMILES string of the molecule is CC1CCCCCC1NS(=O)(=O)c1ccc(Cl)nc1. The molecule has 1 aliphatic carbocycles. The molecule has 2 atom stereocenters. The fourth-order valence-corrected chi connectivity index (χ4v) is 3.89. The summed E-state index contributed by atoms with van der Waals surface area (Å²) in [7, 11) is -3.50. The fourth-order valence-electron chi connectivity index (χ4n) is 2.46. The van der Waals surface area contributed by atoms with Crippen molar-refractivity contribution in [2.45, 2.75) is 50.0 Å². The molecule has 1 fully saturated rings. The lowest BCUT2D eigenvalue weighted by atomic mass is 9.98. The molecular weight excluding hydrogens is 284 g/mol. The first-order valence-corrected chi connectivity index (χ1v) is 8.49. The van der Waals surface area contributed by atoms with E-state index < -0.39 is 10.0 Å². The third-order valence-corrected chi connectivity index (χ3v) is 5.38. The van der Waals surface area contributed by atoms with E-state index in [2.05, 4.69) is 16.6 Å². The van der Waals surface area contributed by atoms with E-state index in [0.29, 0.717) is 11.1 Å². The van der Waals surface area contributed by atoms with Crippen LogP contribution >= 0.6 is 11.6 Å². The van der Waals surface area contributed by atoms with Gasteiger partial charge < -0.3 is 0 Å².